The molecule has 0 bridgehead atoms. The molecule has 2 N–H and O–H groups in total. The molecule has 2 rings (SSSR count). The Labute approximate surface area is 96.6 Å². The van der Waals surface area contributed by atoms with Crippen molar-refractivity contribution in [2.24, 2.45) is 11.7 Å². The van der Waals surface area contributed by atoms with Crippen LogP contribution in [0.1, 0.15) is 57.7 Å². The van der Waals surface area contributed by atoms with E-state index in [1.165, 1.54) is 32.1 Å². The lowest BCUT2D eigenvalue weighted by molar-refractivity contribution is 0.301. The summed E-state index contributed by atoms with van der Waals surface area (Å²) in [6, 6.07) is 0. The van der Waals surface area contributed by atoms with Crippen LogP contribution in [-0.2, 0) is 12.0 Å². The average Bonchev–Trinajstić information content (AvgIpc) is 2.67. The zero-order valence-corrected chi connectivity index (χ0v) is 10.2. The molecular weight excluding hydrogens is 202 g/mol. The molecule has 1 aliphatic carbocycles. The number of nitrogens with two attached hydrogens (primary N) is 1. The van der Waals surface area contributed by atoms with Crippen LogP contribution in [0.25, 0.3) is 0 Å². The summed E-state index contributed by atoms with van der Waals surface area (Å²) in [5.41, 5.74) is 5.41. The van der Waals surface area contributed by atoms with Crippen molar-refractivity contribution < 1.29 is 4.52 Å². The topological polar surface area (TPSA) is 64.9 Å². The molecule has 0 radical (unpaired) electrons. The Kier molecular flexibility index (Phi) is 3.28. The number of rotatable bonds is 3. The molecule has 0 aromatic carbocycles. The molecule has 1 aliphatic rings. The number of hydrogen-bond donors (Lipinski definition) is 1. The maximum Gasteiger partial charge on any atom is 0.226 e. The summed E-state index contributed by atoms with van der Waals surface area (Å²) in [6.45, 7) is 3.78. The molecule has 1 aromatic heterocycles. The summed E-state index contributed by atoms with van der Waals surface area (Å²) >= 11 is 0. The second kappa shape index (κ2) is 4.53. The second-order valence-electron chi connectivity index (χ2n) is 5.44. The molecular formula is C12H21N3O. The molecule has 0 amide bonds. The minimum Gasteiger partial charge on any atom is -0.339 e. The highest BCUT2D eigenvalue weighted by atomic mass is 16.5. The molecule has 0 saturated heterocycles. The summed E-state index contributed by atoms with van der Waals surface area (Å²) in [5, 5.41) is 3.94. The van der Waals surface area contributed by atoms with Crippen LogP contribution in [0.4, 0.5) is 0 Å². The van der Waals surface area contributed by atoms with Crippen LogP contribution in [-0.4, -0.2) is 10.1 Å². The molecule has 0 aliphatic heterocycles. The van der Waals surface area contributed by atoms with E-state index in [-0.39, 0.29) is 0 Å². The van der Waals surface area contributed by atoms with Crippen molar-refractivity contribution in [3.05, 3.63) is 11.7 Å². The maximum absolute atomic E-state index is 5.92. The van der Waals surface area contributed by atoms with E-state index in [1.807, 2.05) is 13.8 Å². The summed E-state index contributed by atoms with van der Waals surface area (Å²) in [4.78, 5) is 4.37. The Hall–Kier alpha value is -0.900. The van der Waals surface area contributed by atoms with Crippen LogP contribution in [0.2, 0.25) is 0 Å². The summed E-state index contributed by atoms with van der Waals surface area (Å²) in [7, 11) is 0. The fourth-order valence-electron chi connectivity index (χ4n) is 2.24. The molecule has 4 heteroatoms. The van der Waals surface area contributed by atoms with Crippen molar-refractivity contribution in [2.75, 3.05) is 0 Å². The molecule has 1 heterocycles. The number of aromatic nitrogens is 2. The van der Waals surface area contributed by atoms with Gasteiger partial charge in [0.15, 0.2) is 5.82 Å². The first-order valence-corrected chi connectivity index (χ1v) is 6.17. The fourth-order valence-corrected chi connectivity index (χ4v) is 2.24. The molecule has 0 spiro atoms. The van der Waals surface area contributed by atoms with Gasteiger partial charge in [0.2, 0.25) is 5.89 Å². The quantitative estimate of drug-likeness (QED) is 0.854. The highest BCUT2D eigenvalue weighted by molar-refractivity contribution is 4.99. The minimum absolute atomic E-state index is 0.506. The predicted molar refractivity (Wildman–Crippen MR) is 61.8 cm³/mol. The van der Waals surface area contributed by atoms with Crippen LogP contribution in [0.5, 0.6) is 0 Å². The van der Waals surface area contributed by atoms with E-state index in [1.54, 1.807) is 0 Å². The van der Waals surface area contributed by atoms with Crippen LogP contribution in [0.3, 0.4) is 0 Å². The number of nitrogens with zero attached hydrogens (tertiary/aromatic N) is 2. The highest BCUT2D eigenvalue weighted by Gasteiger charge is 2.23. The summed E-state index contributed by atoms with van der Waals surface area (Å²) in [6.07, 6.45) is 7.57. The van der Waals surface area contributed by atoms with E-state index in [2.05, 4.69) is 10.1 Å². The zero-order valence-electron chi connectivity index (χ0n) is 10.2. The third-order valence-corrected chi connectivity index (χ3v) is 3.23. The third-order valence-electron chi connectivity index (χ3n) is 3.23. The van der Waals surface area contributed by atoms with Gasteiger partial charge >= 0.3 is 0 Å². The van der Waals surface area contributed by atoms with Crippen molar-refractivity contribution >= 4 is 0 Å². The number of hydrogen-bond acceptors (Lipinski definition) is 4. The van der Waals surface area contributed by atoms with Gasteiger partial charge in [0, 0.05) is 6.42 Å². The van der Waals surface area contributed by atoms with Gasteiger partial charge in [-0.3, -0.25) is 0 Å². The first-order valence-electron chi connectivity index (χ1n) is 6.17. The molecule has 1 fully saturated rings. The van der Waals surface area contributed by atoms with Crippen LogP contribution >= 0.6 is 0 Å². The molecule has 0 atom stereocenters. The maximum atomic E-state index is 5.92. The first kappa shape index (κ1) is 11.6. The van der Waals surface area contributed by atoms with Gasteiger partial charge in [0.25, 0.3) is 0 Å². The van der Waals surface area contributed by atoms with E-state index in [9.17, 15) is 0 Å². The largest absolute Gasteiger partial charge is 0.339 e. The van der Waals surface area contributed by atoms with Crippen molar-refractivity contribution in [1.29, 1.82) is 0 Å². The average molecular weight is 223 g/mol. The molecule has 16 heavy (non-hydrogen) atoms. The second-order valence-corrected chi connectivity index (χ2v) is 5.44. The SMILES string of the molecule is CC(C)(N)c1noc(CC2CCCCC2)n1. The van der Waals surface area contributed by atoms with E-state index in [0.717, 1.165) is 18.2 Å². The normalized spacial score (nSPS) is 18.9. The third kappa shape index (κ3) is 2.82. The van der Waals surface area contributed by atoms with Gasteiger partial charge in [-0.05, 0) is 32.6 Å². The van der Waals surface area contributed by atoms with E-state index in [0.29, 0.717) is 5.82 Å². The van der Waals surface area contributed by atoms with Gasteiger partial charge in [-0.25, -0.2) is 0 Å². The molecule has 0 unspecified atom stereocenters. The van der Waals surface area contributed by atoms with Crippen LogP contribution in [0.15, 0.2) is 4.52 Å². The lowest BCUT2D eigenvalue weighted by Gasteiger charge is -2.19. The van der Waals surface area contributed by atoms with Crippen molar-refractivity contribution in [3.63, 3.8) is 0 Å². The predicted octanol–water partition coefficient (Wildman–Crippen LogP) is 2.39. The molecule has 1 aromatic rings. The Morgan fingerprint density at radius 3 is 2.56 bits per heavy atom. The molecule has 4 nitrogen and oxygen atoms in total. The van der Waals surface area contributed by atoms with E-state index >= 15 is 0 Å². The van der Waals surface area contributed by atoms with Gasteiger partial charge in [0.1, 0.15) is 0 Å². The Balaban J connectivity index is 1.97. The van der Waals surface area contributed by atoms with Crippen molar-refractivity contribution in [2.45, 2.75) is 57.9 Å². The van der Waals surface area contributed by atoms with Gasteiger partial charge in [-0.2, -0.15) is 4.98 Å². The van der Waals surface area contributed by atoms with Crippen LogP contribution < -0.4 is 5.73 Å². The smallest absolute Gasteiger partial charge is 0.226 e. The van der Waals surface area contributed by atoms with Crippen molar-refractivity contribution in [1.82, 2.24) is 10.1 Å². The van der Waals surface area contributed by atoms with E-state index in [4.69, 9.17) is 10.3 Å². The fraction of sp³-hybridized carbons (Fsp3) is 0.833. The van der Waals surface area contributed by atoms with E-state index < -0.39 is 5.54 Å². The Morgan fingerprint density at radius 2 is 2.00 bits per heavy atom. The minimum atomic E-state index is -0.506. The van der Waals surface area contributed by atoms with Gasteiger partial charge in [0.05, 0.1) is 5.54 Å². The lowest BCUT2D eigenvalue weighted by atomic mass is 9.87. The molecule has 1 saturated carbocycles. The van der Waals surface area contributed by atoms with Gasteiger partial charge in [-0.15, -0.1) is 0 Å². The summed E-state index contributed by atoms with van der Waals surface area (Å²) < 4.78 is 5.25. The summed E-state index contributed by atoms with van der Waals surface area (Å²) in [5.74, 6) is 2.08. The molecule has 90 valence electrons. The highest BCUT2D eigenvalue weighted by Crippen LogP contribution is 2.26. The zero-order chi connectivity index (χ0) is 11.6. The first-order chi connectivity index (χ1) is 7.55. The van der Waals surface area contributed by atoms with Crippen LogP contribution in [0, 0.1) is 5.92 Å². The lowest BCUT2D eigenvalue weighted by Crippen LogP contribution is -2.30. The monoisotopic (exact) mass is 223 g/mol. The van der Waals surface area contributed by atoms with Gasteiger partial charge in [-0.1, -0.05) is 24.4 Å². The van der Waals surface area contributed by atoms with Gasteiger partial charge < -0.3 is 10.3 Å². The van der Waals surface area contributed by atoms with Crippen molar-refractivity contribution in [3.8, 4) is 0 Å². The Bertz CT molecular complexity index is 334. The Morgan fingerprint density at radius 1 is 1.31 bits per heavy atom. The standard InChI is InChI=1S/C12H21N3O/c1-12(2,13)11-14-10(16-15-11)8-9-6-4-3-5-7-9/h9H,3-8,13H2,1-2H3.